The number of hydrogen-bond acceptors (Lipinski definition) is 2. The third-order valence-corrected chi connectivity index (χ3v) is 2.06. The van der Waals surface area contributed by atoms with Crippen molar-refractivity contribution in [2.24, 2.45) is 0 Å². The Morgan fingerprint density at radius 3 is 2.67 bits per heavy atom. The highest BCUT2D eigenvalue weighted by atomic mass is 19.1. The normalized spacial score (nSPS) is 10.2. The summed E-state index contributed by atoms with van der Waals surface area (Å²) in [4.78, 5) is 17.3. The van der Waals surface area contributed by atoms with E-state index < -0.39 is 0 Å². The van der Waals surface area contributed by atoms with Gasteiger partial charge in [-0.1, -0.05) is 12.1 Å². The topological polar surface area (TPSA) is 45.8 Å². The average molecular weight is 204 g/mol. The highest BCUT2D eigenvalue weighted by molar-refractivity contribution is 5.71. The molecule has 1 N–H and O–H groups in total. The first-order valence-electron chi connectivity index (χ1n) is 4.51. The van der Waals surface area contributed by atoms with E-state index in [2.05, 4.69) is 9.97 Å². The number of aldehydes is 1. The SMILES string of the molecule is O=Cc1cnc(Cc2ccc(F)cc2)[nH]1. The smallest absolute Gasteiger partial charge is 0.167 e. The van der Waals surface area contributed by atoms with E-state index in [0.717, 1.165) is 5.56 Å². The van der Waals surface area contributed by atoms with Gasteiger partial charge in [-0.15, -0.1) is 0 Å². The number of aromatic amines is 1. The molecule has 0 unspecified atom stereocenters. The van der Waals surface area contributed by atoms with E-state index in [1.807, 2.05) is 0 Å². The molecule has 0 bridgehead atoms. The number of carbonyl (C=O) groups is 1. The van der Waals surface area contributed by atoms with Crippen LogP contribution >= 0.6 is 0 Å². The van der Waals surface area contributed by atoms with Gasteiger partial charge in [0.25, 0.3) is 0 Å². The maximum Gasteiger partial charge on any atom is 0.167 e. The van der Waals surface area contributed by atoms with Crippen LogP contribution in [0.5, 0.6) is 0 Å². The number of benzene rings is 1. The molecule has 1 heterocycles. The third kappa shape index (κ3) is 2.28. The Bertz CT molecular complexity index is 462. The van der Waals surface area contributed by atoms with Crippen molar-refractivity contribution in [3.8, 4) is 0 Å². The van der Waals surface area contributed by atoms with Gasteiger partial charge >= 0.3 is 0 Å². The molecule has 76 valence electrons. The van der Waals surface area contributed by atoms with E-state index in [1.54, 1.807) is 12.1 Å². The number of H-pyrrole nitrogens is 1. The van der Waals surface area contributed by atoms with Gasteiger partial charge in [-0.3, -0.25) is 4.79 Å². The number of hydrogen-bond donors (Lipinski definition) is 1. The summed E-state index contributed by atoms with van der Waals surface area (Å²) in [6.07, 6.45) is 2.75. The summed E-state index contributed by atoms with van der Waals surface area (Å²) in [6.45, 7) is 0. The van der Waals surface area contributed by atoms with Crippen molar-refractivity contribution in [3.05, 3.63) is 53.4 Å². The molecule has 0 saturated carbocycles. The molecule has 0 aliphatic carbocycles. The molecule has 0 saturated heterocycles. The largest absolute Gasteiger partial charge is 0.340 e. The van der Waals surface area contributed by atoms with Gasteiger partial charge in [0, 0.05) is 6.42 Å². The molecule has 0 amide bonds. The van der Waals surface area contributed by atoms with Crippen LogP contribution in [0.15, 0.2) is 30.5 Å². The molecule has 2 rings (SSSR count). The van der Waals surface area contributed by atoms with E-state index in [0.29, 0.717) is 24.2 Å². The van der Waals surface area contributed by atoms with Gasteiger partial charge < -0.3 is 4.98 Å². The van der Waals surface area contributed by atoms with Crippen molar-refractivity contribution in [2.75, 3.05) is 0 Å². The second kappa shape index (κ2) is 4.04. The molecule has 2 aromatic rings. The zero-order chi connectivity index (χ0) is 10.7. The van der Waals surface area contributed by atoms with E-state index in [1.165, 1.54) is 18.3 Å². The van der Waals surface area contributed by atoms with E-state index in [9.17, 15) is 9.18 Å². The minimum atomic E-state index is -0.258. The molecular weight excluding hydrogens is 195 g/mol. The predicted octanol–water partition coefficient (Wildman–Crippen LogP) is 1.95. The summed E-state index contributed by atoms with van der Waals surface area (Å²) in [7, 11) is 0. The summed E-state index contributed by atoms with van der Waals surface area (Å²) < 4.78 is 12.6. The van der Waals surface area contributed by atoms with Crippen molar-refractivity contribution in [2.45, 2.75) is 6.42 Å². The number of nitrogens with one attached hydrogen (secondary N) is 1. The molecule has 0 radical (unpaired) electrons. The van der Waals surface area contributed by atoms with Crippen molar-refractivity contribution in [3.63, 3.8) is 0 Å². The Kier molecular flexibility index (Phi) is 2.58. The zero-order valence-corrected chi connectivity index (χ0v) is 7.90. The van der Waals surface area contributed by atoms with Gasteiger partial charge in [0.05, 0.1) is 11.9 Å². The minimum Gasteiger partial charge on any atom is -0.340 e. The van der Waals surface area contributed by atoms with Crippen LogP contribution in [0.25, 0.3) is 0 Å². The molecule has 0 spiro atoms. The predicted molar refractivity (Wildman–Crippen MR) is 53.2 cm³/mol. The Morgan fingerprint density at radius 2 is 2.07 bits per heavy atom. The van der Waals surface area contributed by atoms with Crippen LogP contribution in [0, 0.1) is 5.82 Å². The first-order valence-corrected chi connectivity index (χ1v) is 4.51. The van der Waals surface area contributed by atoms with Crippen molar-refractivity contribution >= 4 is 6.29 Å². The lowest BCUT2D eigenvalue weighted by atomic mass is 10.1. The summed E-state index contributed by atoms with van der Waals surface area (Å²) in [5, 5.41) is 0. The fourth-order valence-electron chi connectivity index (χ4n) is 1.32. The Hall–Kier alpha value is -1.97. The molecule has 15 heavy (non-hydrogen) atoms. The number of carbonyl (C=O) groups excluding carboxylic acids is 1. The monoisotopic (exact) mass is 204 g/mol. The van der Waals surface area contributed by atoms with E-state index >= 15 is 0 Å². The second-order valence-corrected chi connectivity index (χ2v) is 3.21. The van der Waals surface area contributed by atoms with Crippen LogP contribution in [0.4, 0.5) is 4.39 Å². The molecule has 1 aromatic heterocycles. The van der Waals surface area contributed by atoms with Crippen molar-refractivity contribution in [1.82, 2.24) is 9.97 Å². The van der Waals surface area contributed by atoms with Gasteiger partial charge in [0.2, 0.25) is 0 Å². The summed E-state index contributed by atoms with van der Waals surface area (Å²) in [6, 6.07) is 6.19. The third-order valence-electron chi connectivity index (χ3n) is 2.06. The number of aromatic nitrogens is 2. The number of halogens is 1. The van der Waals surface area contributed by atoms with Gasteiger partial charge in [-0.05, 0) is 17.7 Å². The van der Waals surface area contributed by atoms with Gasteiger partial charge in [0.15, 0.2) is 6.29 Å². The fraction of sp³-hybridized carbons (Fsp3) is 0.0909. The van der Waals surface area contributed by atoms with E-state index in [4.69, 9.17) is 0 Å². The van der Waals surface area contributed by atoms with Crippen LogP contribution in [0.1, 0.15) is 21.9 Å². The van der Waals surface area contributed by atoms with Crippen molar-refractivity contribution in [1.29, 1.82) is 0 Å². The highest BCUT2D eigenvalue weighted by Gasteiger charge is 2.01. The number of imidazole rings is 1. The maximum atomic E-state index is 12.6. The Balaban J connectivity index is 2.14. The average Bonchev–Trinajstić information content (AvgIpc) is 2.69. The summed E-state index contributed by atoms with van der Waals surface area (Å²) in [5.41, 5.74) is 1.40. The second-order valence-electron chi connectivity index (χ2n) is 3.21. The van der Waals surface area contributed by atoms with E-state index in [-0.39, 0.29) is 5.82 Å². The van der Waals surface area contributed by atoms with Crippen LogP contribution < -0.4 is 0 Å². The van der Waals surface area contributed by atoms with Gasteiger partial charge in [0.1, 0.15) is 11.6 Å². The lowest BCUT2D eigenvalue weighted by Gasteiger charge is -1.97. The zero-order valence-electron chi connectivity index (χ0n) is 7.90. The standard InChI is InChI=1S/C11H9FN2O/c12-9-3-1-8(2-4-9)5-11-13-6-10(7-15)14-11/h1-4,6-7H,5H2,(H,13,14). The number of nitrogens with zero attached hydrogens (tertiary/aromatic N) is 1. The molecule has 0 fully saturated rings. The molecule has 0 atom stereocenters. The van der Waals surface area contributed by atoms with Gasteiger partial charge in [-0.25, -0.2) is 9.37 Å². The quantitative estimate of drug-likeness (QED) is 0.777. The van der Waals surface area contributed by atoms with Gasteiger partial charge in [-0.2, -0.15) is 0 Å². The summed E-state index contributed by atoms with van der Waals surface area (Å²) >= 11 is 0. The highest BCUT2D eigenvalue weighted by Crippen LogP contribution is 2.07. The molecular formula is C11H9FN2O. The minimum absolute atomic E-state index is 0.258. The van der Waals surface area contributed by atoms with Crippen LogP contribution in [-0.4, -0.2) is 16.3 Å². The maximum absolute atomic E-state index is 12.6. The van der Waals surface area contributed by atoms with Crippen LogP contribution in [-0.2, 0) is 6.42 Å². The first-order chi connectivity index (χ1) is 7.28. The van der Waals surface area contributed by atoms with Crippen molar-refractivity contribution < 1.29 is 9.18 Å². The van der Waals surface area contributed by atoms with Crippen LogP contribution in [0.2, 0.25) is 0 Å². The molecule has 4 heteroatoms. The molecule has 3 nitrogen and oxygen atoms in total. The Morgan fingerprint density at radius 1 is 1.33 bits per heavy atom. The Labute approximate surface area is 86.0 Å². The lowest BCUT2D eigenvalue weighted by Crippen LogP contribution is -1.91. The molecule has 0 aliphatic rings. The first kappa shape index (κ1) is 9.58. The van der Waals surface area contributed by atoms with Crippen LogP contribution in [0.3, 0.4) is 0 Å². The molecule has 0 aliphatic heterocycles. The molecule has 1 aromatic carbocycles. The lowest BCUT2D eigenvalue weighted by molar-refractivity contribution is 0.111. The fourth-order valence-corrected chi connectivity index (χ4v) is 1.32. The summed E-state index contributed by atoms with van der Waals surface area (Å²) in [5.74, 6) is 0.440. The number of rotatable bonds is 3.